The molecule has 8 heteroatoms. The molecule has 0 aliphatic rings. The topological polar surface area (TPSA) is 63.2 Å². The highest BCUT2D eigenvalue weighted by Gasteiger charge is 2.28. The van der Waals surface area contributed by atoms with Crippen molar-refractivity contribution in [2.45, 2.75) is 37.8 Å². The van der Waals surface area contributed by atoms with Gasteiger partial charge in [-0.15, -0.1) is 0 Å². The summed E-state index contributed by atoms with van der Waals surface area (Å²) in [6, 6.07) is 5.60. The number of hydrogen-bond acceptors (Lipinski definition) is 3. The fraction of sp³-hybridized carbons (Fsp3) is 0.357. The van der Waals surface area contributed by atoms with Crippen molar-refractivity contribution in [1.29, 1.82) is 0 Å². The van der Waals surface area contributed by atoms with E-state index in [2.05, 4.69) is 0 Å². The lowest BCUT2D eigenvalue weighted by Gasteiger charge is -2.10. The molecule has 0 aliphatic carbocycles. The molecule has 4 nitrogen and oxygen atoms in total. The number of amides is 1. The maximum absolute atomic E-state index is 12.4. The van der Waals surface area contributed by atoms with E-state index in [1.165, 1.54) is 24.3 Å². The fourth-order valence-electron chi connectivity index (χ4n) is 1.68. The first-order valence-corrected chi connectivity index (χ1v) is 7.96. The first-order chi connectivity index (χ1) is 10.0. The number of rotatable bonds is 5. The van der Waals surface area contributed by atoms with Crippen LogP contribution in [0.1, 0.15) is 25.3 Å². The molecule has 0 fully saturated rings. The number of alkyl halides is 3. The van der Waals surface area contributed by atoms with Gasteiger partial charge in [0.1, 0.15) is 0 Å². The standard InChI is InChI=1S/C14H16F3NO3S/c1-3-4-11(9-14(15,16)17)13(19)18-22(20,21)12-7-5-10(2)6-8-12/h5-9H,3-4H2,1-2H3,(H,18,19)/b11-9-. The van der Waals surface area contributed by atoms with Gasteiger partial charge in [-0.3, -0.25) is 4.79 Å². The second-order valence-corrected chi connectivity index (χ2v) is 6.39. The van der Waals surface area contributed by atoms with Gasteiger partial charge in [-0.2, -0.15) is 13.2 Å². The Morgan fingerprint density at radius 1 is 1.23 bits per heavy atom. The minimum Gasteiger partial charge on any atom is -0.269 e. The summed E-state index contributed by atoms with van der Waals surface area (Å²) < 4.78 is 62.8. The Labute approximate surface area is 127 Å². The number of sulfonamides is 1. The van der Waals surface area contributed by atoms with Crippen molar-refractivity contribution in [3.05, 3.63) is 41.5 Å². The van der Waals surface area contributed by atoms with E-state index in [9.17, 15) is 26.4 Å². The van der Waals surface area contributed by atoms with E-state index in [4.69, 9.17) is 0 Å². The summed E-state index contributed by atoms with van der Waals surface area (Å²) in [6.45, 7) is 3.34. The van der Waals surface area contributed by atoms with Crippen molar-refractivity contribution in [2.24, 2.45) is 0 Å². The Morgan fingerprint density at radius 3 is 2.23 bits per heavy atom. The first-order valence-electron chi connectivity index (χ1n) is 6.47. The third kappa shape index (κ3) is 5.51. The number of nitrogens with one attached hydrogen (secondary N) is 1. The number of allylic oxidation sites excluding steroid dienone is 1. The Hall–Kier alpha value is -1.83. The zero-order valence-electron chi connectivity index (χ0n) is 12.1. The molecular formula is C14H16F3NO3S. The van der Waals surface area contributed by atoms with Gasteiger partial charge in [-0.25, -0.2) is 13.1 Å². The molecule has 0 saturated heterocycles. The molecular weight excluding hydrogens is 319 g/mol. The van der Waals surface area contributed by atoms with Crippen LogP contribution >= 0.6 is 0 Å². The minimum absolute atomic E-state index is 0.170. The molecule has 0 aliphatic heterocycles. The zero-order chi connectivity index (χ0) is 17.0. The Kier molecular flexibility index (Phi) is 5.76. The summed E-state index contributed by atoms with van der Waals surface area (Å²) in [5.74, 6) is -1.26. The van der Waals surface area contributed by atoms with Crippen molar-refractivity contribution < 1.29 is 26.4 Å². The molecule has 0 aromatic heterocycles. The number of aryl methyl sites for hydroxylation is 1. The Morgan fingerprint density at radius 2 is 1.77 bits per heavy atom. The van der Waals surface area contributed by atoms with Crippen LogP contribution in [0.4, 0.5) is 13.2 Å². The van der Waals surface area contributed by atoms with Gasteiger partial charge in [0.15, 0.2) is 0 Å². The fourth-order valence-corrected chi connectivity index (χ4v) is 2.67. The van der Waals surface area contributed by atoms with E-state index in [0.717, 1.165) is 5.56 Å². The second kappa shape index (κ2) is 6.95. The summed E-state index contributed by atoms with van der Waals surface area (Å²) in [7, 11) is -4.20. The van der Waals surface area contributed by atoms with Gasteiger partial charge < -0.3 is 0 Å². The van der Waals surface area contributed by atoms with E-state index in [1.54, 1.807) is 18.6 Å². The number of hydrogen-bond donors (Lipinski definition) is 1. The van der Waals surface area contributed by atoms with Crippen LogP contribution in [0.15, 0.2) is 40.8 Å². The summed E-state index contributed by atoms with van der Waals surface area (Å²) in [5.41, 5.74) is 0.194. The average Bonchev–Trinajstić information content (AvgIpc) is 2.36. The molecule has 1 amide bonds. The Balaban J connectivity index is 3.02. The van der Waals surface area contributed by atoms with Gasteiger partial charge in [-0.1, -0.05) is 31.0 Å². The van der Waals surface area contributed by atoms with E-state index in [0.29, 0.717) is 0 Å². The maximum atomic E-state index is 12.4. The third-order valence-corrected chi connectivity index (χ3v) is 4.05. The molecule has 0 saturated carbocycles. The van der Waals surface area contributed by atoms with Crippen LogP contribution < -0.4 is 4.72 Å². The average molecular weight is 335 g/mol. The van der Waals surface area contributed by atoms with Gasteiger partial charge in [0, 0.05) is 11.6 Å². The molecule has 1 aromatic rings. The van der Waals surface area contributed by atoms with Crippen LogP contribution in [0, 0.1) is 6.92 Å². The highest BCUT2D eigenvalue weighted by molar-refractivity contribution is 7.90. The summed E-state index contributed by atoms with van der Waals surface area (Å²) in [5, 5.41) is 0. The van der Waals surface area contributed by atoms with E-state index in [-0.39, 0.29) is 23.8 Å². The van der Waals surface area contributed by atoms with E-state index >= 15 is 0 Å². The predicted octanol–water partition coefficient (Wildman–Crippen LogP) is 3.09. The quantitative estimate of drug-likeness (QED) is 0.841. The van der Waals surface area contributed by atoms with Crippen LogP contribution in [0.2, 0.25) is 0 Å². The van der Waals surface area contributed by atoms with Crippen LogP contribution in [0.5, 0.6) is 0 Å². The van der Waals surface area contributed by atoms with E-state index in [1.807, 2.05) is 0 Å². The molecule has 0 unspecified atom stereocenters. The zero-order valence-corrected chi connectivity index (χ0v) is 12.9. The van der Waals surface area contributed by atoms with Gasteiger partial charge in [0.2, 0.25) is 0 Å². The highest BCUT2D eigenvalue weighted by Crippen LogP contribution is 2.21. The molecule has 0 spiro atoms. The summed E-state index contributed by atoms with van der Waals surface area (Å²) in [4.78, 5) is 11.6. The minimum atomic E-state index is -4.69. The van der Waals surface area contributed by atoms with Gasteiger partial charge in [-0.05, 0) is 25.5 Å². The molecule has 122 valence electrons. The van der Waals surface area contributed by atoms with Crippen LogP contribution in [-0.2, 0) is 14.8 Å². The monoisotopic (exact) mass is 335 g/mol. The predicted molar refractivity (Wildman–Crippen MR) is 75.6 cm³/mol. The number of carbonyl (C=O) groups excluding carboxylic acids is 1. The first kappa shape index (κ1) is 18.2. The lowest BCUT2D eigenvalue weighted by atomic mass is 10.1. The van der Waals surface area contributed by atoms with Crippen molar-refractivity contribution in [1.82, 2.24) is 4.72 Å². The summed E-state index contributed by atoms with van der Waals surface area (Å²) >= 11 is 0. The van der Waals surface area contributed by atoms with Crippen molar-refractivity contribution in [3.63, 3.8) is 0 Å². The van der Waals surface area contributed by atoms with E-state index < -0.39 is 27.7 Å². The number of halogens is 3. The summed E-state index contributed by atoms with van der Waals surface area (Å²) in [6.07, 6.45) is -4.75. The number of carbonyl (C=O) groups is 1. The molecule has 1 N–H and O–H groups in total. The van der Waals surface area contributed by atoms with Crippen molar-refractivity contribution in [3.8, 4) is 0 Å². The largest absolute Gasteiger partial charge is 0.410 e. The lowest BCUT2D eigenvalue weighted by Crippen LogP contribution is -2.32. The van der Waals surface area contributed by atoms with Crippen LogP contribution in [0.3, 0.4) is 0 Å². The molecule has 0 atom stereocenters. The Bertz CT molecular complexity index is 662. The molecule has 0 heterocycles. The van der Waals surface area contributed by atoms with Crippen LogP contribution in [-0.4, -0.2) is 20.5 Å². The molecule has 0 radical (unpaired) electrons. The highest BCUT2D eigenvalue weighted by atomic mass is 32.2. The SMILES string of the molecule is CCC/C(=C/C(F)(F)F)C(=O)NS(=O)(=O)c1ccc(C)cc1. The second-order valence-electron chi connectivity index (χ2n) is 4.71. The lowest BCUT2D eigenvalue weighted by molar-refractivity contribution is -0.117. The van der Waals surface area contributed by atoms with Gasteiger partial charge in [0.05, 0.1) is 4.90 Å². The normalized spacial score (nSPS) is 13.0. The molecule has 1 rings (SSSR count). The molecule has 22 heavy (non-hydrogen) atoms. The third-order valence-electron chi connectivity index (χ3n) is 2.71. The van der Waals surface area contributed by atoms with Crippen LogP contribution in [0.25, 0.3) is 0 Å². The number of benzene rings is 1. The smallest absolute Gasteiger partial charge is 0.269 e. The van der Waals surface area contributed by atoms with Crippen molar-refractivity contribution >= 4 is 15.9 Å². The van der Waals surface area contributed by atoms with Gasteiger partial charge in [0.25, 0.3) is 15.9 Å². The van der Waals surface area contributed by atoms with Gasteiger partial charge >= 0.3 is 6.18 Å². The maximum Gasteiger partial charge on any atom is 0.410 e. The molecule has 1 aromatic carbocycles. The van der Waals surface area contributed by atoms with Crippen molar-refractivity contribution in [2.75, 3.05) is 0 Å². The molecule has 0 bridgehead atoms.